The largest absolute Gasteiger partial charge is 0.347 e. The van der Waals surface area contributed by atoms with E-state index in [1.54, 1.807) is 18.3 Å². The van der Waals surface area contributed by atoms with Crippen molar-refractivity contribution in [2.24, 2.45) is 0 Å². The molecule has 2 N–H and O–H groups in total. The van der Waals surface area contributed by atoms with E-state index in [1.807, 2.05) is 31.2 Å². The molecule has 0 unspecified atom stereocenters. The standard InChI is InChI=1S/C16H16BrN3O2/c1-11-10-13(5-6-14(11)17)20-16(22)15(21)19-9-7-12-4-2-3-8-18-12/h2-6,8,10H,7,9H2,1H3,(H,19,21)(H,20,22). The second-order valence-corrected chi connectivity index (χ2v) is 5.60. The number of benzene rings is 1. The minimum atomic E-state index is -0.678. The molecule has 0 radical (unpaired) electrons. The van der Waals surface area contributed by atoms with Gasteiger partial charge in [-0.15, -0.1) is 0 Å². The van der Waals surface area contributed by atoms with Gasteiger partial charge in [0.25, 0.3) is 0 Å². The molecule has 0 atom stereocenters. The summed E-state index contributed by atoms with van der Waals surface area (Å²) >= 11 is 3.38. The molecule has 1 aromatic heterocycles. The van der Waals surface area contributed by atoms with Crippen LogP contribution in [0.5, 0.6) is 0 Å². The summed E-state index contributed by atoms with van der Waals surface area (Å²) in [6, 6.07) is 10.9. The van der Waals surface area contributed by atoms with Crippen molar-refractivity contribution in [3.63, 3.8) is 0 Å². The Kier molecular flexibility index (Phi) is 5.66. The maximum absolute atomic E-state index is 11.8. The summed E-state index contributed by atoms with van der Waals surface area (Å²) in [6.07, 6.45) is 2.27. The van der Waals surface area contributed by atoms with Gasteiger partial charge in [-0.05, 0) is 42.8 Å². The first-order valence-corrected chi connectivity index (χ1v) is 7.61. The highest BCUT2D eigenvalue weighted by Crippen LogP contribution is 2.19. The topological polar surface area (TPSA) is 71.1 Å². The molecule has 0 aliphatic heterocycles. The quantitative estimate of drug-likeness (QED) is 0.821. The predicted molar refractivity (Wildman–Crippen MR) is 88.5 cm³/mol. The van der Waals surface area contributed by atoms with Gasteiger partial charge < -0.3 is 10.6 Å². The van der Waals surface area contributed by atoms with Crippen LogP contribution in [-0.4, -0.2) is 23.3 Å². The van der Waals surface area contributed by atoms with E-state index in [1.165, 1.54) is 0 Å². The summed E-state index contributed by atoms with van der Waals surface area (Å²) in [6.45, 7) is 2.27. The molecule has 0 fully saturated rings. The van der Waals surface area contributed by atoms with Crippen LogP contribution < -0.4 is 10.6 Å². The van der Waals surface area contributed by atoms with E-state index in [9.17, 15) is 9.59 Å². The number of amides is 2. The van der Waals surface area contributed by atoms with Gasteiger partial charge in [-0.3, -0.25) is 14.6 Å². The highest BCUT2D eigenvalue weighted by Gasteiger charge is 2.13. The molecule has 22 heavy (non-hydrogen) atoms. The molecule has 0 aliphatic carbocycles. The number of carbonyl (C=O) groups is 2. The molecule has 1 aromatic carbocycles. The third-order valence-electron chi connectivity index (χ3n) is 3.01. The molecule has 5 nitrogen and oxygen atoms in total. The number of aromatic nitrogens is 1. The van der Waals surface area contributed by atoms with Gasteiger partial charge in [-0.25, -0.2) is 0 Å². The number of anilines is 1. The van der Waals surface area contributed by atoms with Crippen molar-refractivity contribution in [3.8, 4) is 0 Å². The lowest BCUT2D eigenvalue weighted by molar-refractivity contribution is -0.136. The normalized spacial score (nSPS) is 10.1. The van der Waals surface area contributed by atoms with Crippen molar-refractivity contribution in [3.05, 3.63) is 58.3 Å². The van der Waals surface area contributed by atoms with Crippen LogP contribution in [0.4, 0.5) is 5.69 Å². The van der Waals surface area contributed by atoms with Crippen LogP contribution in [-0.2, 0) is 16.0 Å². The Hall–Kier alpha value is -2.21. The van der Waals surface area contributed by atoms with Crippen molar-refractivity contribution in [1.29, 1.82) is 0 Å². The van der Waals surface area contributed by atoms with Crippen molar-refractivity contribution >= 4 is 33.4 Å². The molecule has 2 aromatic rings. The van der Waals surface area contributed by atoms with Crippen LogP contribution in [0.2, 0.25) is 0 Å². The Morgan fingerprint density at radius 3 is 2.68 bits per heavy atom. The van der Waals surface area contributed by atoms with Crippen LogP contribution in [0.15, 0.2) is 47.1 Å². The molecule has 0 aliphatic rings. The third kappa shape index (κ3) is 4.66. The zero-order valence-electron chi connectivity index (χ0n) is 12.1. The minimum absolute atomic E-state index is 0.364. The molecule has 2 rings (SSSR count). The van der Waals surface area contributed by atoms with E-state index >= 15 is 0 Å². The van der Waals surface area contributed by atoms with Crippen LogP contribution in [0.3, 0.4) is 0 Å². The second-order valence-electron chi connectivity index (χ2n) is 4.75. The number of carbonyl (C=O) groups excluding carboxylic acids is 2. The van der Waals surface area contributed by atoms with Gasteiger partial charge in [0.05, 0.1) is 0 Å². The Balaban J connectivity index is 1.82. The van der Waals surface area contributed by atoms with Gasteiger partial charge in [-0.2, -0.15) is 0 Å². The monoisotopic (exact) mass is 361 g/mol. The van der Waals surface area contributed by atoms with Crippen LogP contribution in [0.1, 0.15) is 11.3 Å². The van der Waals surface area contributed by atoms with E-state index in [2.05, 4.69) is 31.5 Å². The summed E-state index contributed by atoms with van der Waals surface area (Å²) < 4.78 is 0.949. The number of hydrogen-bond donors (Lipinski definition) is 2. The number of rotatable bonds is 4. The molecule has 1 heterocycles. The van der Waals surface area contributed by atoms with Crippen LogP contribution >= 0.6 is 15.9 Å². The smallest absolute Gasteiger partial charge is 0.313 e. The maximum atomic E-state index is 11.8. The predicted octanol–water partition coefficient (Wildman–Crippen LogP) is 2.45. The highest BCUT2D eigenvalue weighted by atomic mass is 79.9. The third-order valence-corrected chi connectivity index (χ3v) is 3.90. The first kappa shape index (κ1) is 16.2. The van der Waals surface area contributed by atoms with Crippen LogP contribution in [0, 0.1) is 6.92 Å². The zero-order valence-corrected chi connectivity index (χ0v) is 13.7. The zero-order chi connectivity index (χ0) is 15.9. The number of pyridine rings is 1. The summed E-state index contributed by atoms with van der Waals surface area (Å²) in [4.78, 5) is 27.7. The van der Waals surface area contributed by atoms with Crippen LogP contribution in [0.25, 0.3) is 0 Å². The number of aryl methyl sites for hydroxylation is 1. The van der Waals surface area contributed by atoms with E-state index in [4.69, 9.17) is 0 Å². The Bertz CT molecular complexity index is 674. The van der Waals surface area contributed by atoms with E-state index in [0.29, 0.717) is 18.7 Å². The average molecular weight is 362 g/mol. The first-order valence-electron chi connectivity index (χ1n) is 6.81. The summed E-state index contributed by atoms with van der Waals surface area (Å²) in [5, 5.41) is 5.15. The highest BCUT2D eigenvalue weighted by molar-refractivity contribution is 9.10. The van der Waals surface area contributed by atoms with Crippen molar-refractivity contribution in [2.45, 2.75) is 13.3 Å². The van der Waals surface area contributed by atoms with Gasteiger partial charge in [-0.1, -0.05) is 22.0 Å². The lowest BCUT2D eigenvalue weighted by atomic mass is 10.2. The minimum Gasteiger partial charge on any atom is -0.347 e. The van der Waals surface area contributed by atoms with Gasteiger partial charge in [0.1, 0.15) is 0 Å². The molecule has 0 saturated heterocycles. The Morgan fingerprint density at radius 1 is 1.18 bits per heavy atom. The SMILES string of the molecule is Cc1cc(NC(=O)C(=O)NCCc2ccccn2)ccc1Br. The van der Waals surface area contributed by atoms with Gasteiger partial charge in [0, 0.05) is 35.0 Å². The Morgan fingerprint density at radius 2 is 2.00 bits per heavy atom. The molecule has 6 heteroatoms. The molecular weight excluding hydrogens is 346 g/mol. The molecule has 0 spiro atoms. The van der Waals surface area contributed by atoms with E-state index in [0.717, 1.165) is 15.7 Å². The molecule has 0 bridgehead atoms. The number of nitrogens with one attached hydrogen (secondary N) is 2. The second kappa shape index (κ2) is 7.70. The van der Waals surface area contributed by atoms with E-state index in [-0.39, 0.29) is 0 Å². The number of halogens is 1. The number of nitrogens with zero attached hydrogens (tertiary/aromatic N) is 1. The molecular formula is C16H16BrN3O2. The van der Waals surface area contributed by atoms with E-state index < -0.39 is 11.8 Å². The Labute approximate surface area is 137 Å². The lowest BCUT2D eigenvalue weighted by Crippen LogP contribution is -2.36. The fourth-order valence-electron chi connectivity index (χ4n) is 1.84. The molecule has 114 valence electrons. The fraction of sp³-hybridized carbons (Fsp3) is 0.188. The van der Waals surface area contributed by atoms with Crippen molar-refractivity contribution < 1.29 is 9.59 Å². The fourth-order valence-corrected chi connectivity index (χ4v) is 2.09. The van der Waals surface area contributed by atoms with Crippen molar-refractivity contribution in [1.82, 2.24) is 10.3 Å². The molecule has 0 saturated carbocycles. The summed E-state index contributed by atoms with van der Waals surface area (Å²) in [5.41, 5.74) is 2.44. The van der Waals surface area contributed by atoms with Gasteiger partial charge in [0.15, 0.2) is 0 Å². The van der Waals surface area contributed by atoms with Crippen molar-refractivity contribution in [2.75, 3.05) is 11.9 Å². The summed E-state index contributed by atoms with van der Waals surface area (Å²) in [7, 11) is 0. The van der Waals surface area contributed by atoms with Gasteiger partial charge in [0.2, 0.25) is 0 Å². The lowest BCUT2D eigenvalue weighted by Gasteiger charge is -2.07. The molecule has 2 amide bonds. The average Bonchev–Trinajstić information content (AvgIpc) is 2.52. The number of hydrogen-bond acceptors (Lipinski definition) is 3. The maximum Gasteiger partial charge on any atom is 0.313 e. The van der Waals surface area contributed by atoms with Gasteiger partial charge >= 0.3 is 11.8 Å². The summed E-state index contributed by atoms with van der Waals surface area (Å²) in [5.74, 6) is -1.33. The first-order chi connectivity index (χ1) is 10.6.